The van der Waals surface area contributed by atoms with Crippen LogP contribution in [0.25, 0.3) is 10.4 Å². The zero-order chi connectivity index (χ0) is 16.5. The van der Waals surface area contributed by atoms with Crippen molar-refractivity contribution in [2.24, 2.45) is 0 Å². The smallest absolute Gasteiger partial charge is 0.265 e. The number of fused-ring (bicyclic) bond motifs is 3. The average Bonchev–Trinajstić information content (AvgIpc) is 3.07. The highest BCUT2D eigenvalue weighted by molar-refractivity contribution is 7.98. The van der Waals surface area contributed by atoms with Gasteiger partial charge in [0, 0.05) is 26.6 Å². The van der Waals surface area contributed by atoms with E-state index < -0.39 is 0 Å². The third kappa shape index (κ3) is 2.81. The Morgan fingerprint density at radius 3 is 2.92 bits per heavy atom. The molecule has 1 aliphatic heterocycles. The maximum absolute atomic E-state index is 12.6. The summed E-state index contributed by atoms with van der Waals surface area (Å²) >= 11 is 3.17. The van der Waals surface area contributed by atoms with E-state index in [9.17, 15) is 4.79 Å². The van der Waals surface area contributed by atoms with Crippen LogP contribution in [-0.2, 0) is 6.61 Å². The van der Waals surface area contributed by atoms with E-state index in [0.717, 1.165) is 32.3 Å². The molecule has 0 atom stereocenters. The molecule has 0 saturated heterocycles. The molecular weight excluding hydrogens is 338 g/mol. The van der Waals surface area contributed by atoms with Gasteiger partial charge in [0.05, 0.1) is 4.88 Å². The molecule has 0 saturated carbocycles. The van der Waals surface area contributed by atoms with Crippen molar-refractivity contribution in [2.75, 3.05) is 11.6 Å². The second-order valence-electron chi connectivity index (χ2n) is 5.44. The minimum Gasteiger partial charge on any atom is -0.488 e. The zero-order valence-electron chi connectivity index (χ0n) is 13.0. The molecule has 0 fully saturated rings. The summed E-state index contributed by atoms with van der Waals surface area (Å²) in [5.74, 6) is 0.802. The van der Waals surface area contributed by atoms with Crippen LogP contribution in [-0.4, -0.2) is 12.2 Å². The van der Waals surface area contributed by atoms with Gasteiger partial charge in [-0.15, -0.1) is 23.1 Å². The average molecular weight is 353 g/mol. The molecule has 120 valence electrons. The number of anilines is 1. The third-order valence-electron chi connectivity index (χ3n) is 3.88. The van der Waals surface area contributed by atoms with E-state index in [0.29, 0.717) is 11.5 Å². The van der Waals surface area contributed by atoms with Crippen molar-refractivity contribution < 1.29 is 9.53 Å². The van der Waals surface area contributed by atoms with Crippen LogP contribution in [0.3, 0.4) is 0 Å². The van der Waals surface area contributed by atoms with Crippen molar-refractivity contribution in [1.29, 1.82) is 0 Å². The predicted octanol–water partition coefficient (Wildman–Crippen LogP) is 5.28. The Morgan fingerprint density at radius 2 is 2.04 bits per heavy atom. The Hall–Kier alpha value is -2.24. The lowest BCUT2D eigenvalue weighted by atomic mass is 10.1. The molecule has 1 N–H and O–H groups in total. The van der Waals surface area contributed by atoms with E-state index in [1.54, 1.807) is 11.8 Å². The molecule has 1 aromatic heterocycles. The van der Waals surface area contributed by atoms with Gasteiger partial charge in [0.15, 0.2) is 0 Å². The maximum Gasteiger partial charge on any atom is 0.265 e. The fourth-order valence-corrected chi connectivity index (χ4v) is 4.26. The molecule has 0 spiro atoms. The Balaban J connectivity index is 1.62. The highest BCUT2D eigenvalue weighted by Crippen LogP contribution is 2.42. The monoisotopic (exact) mass is 353 g/mol. The minimum absolute atomic E-state index is 0.0786. The molecule has 3 nitrogen and oxygen atoms in total. The summed E-state index contributed by atoms with van der Waals surface area (Å²) in [5.41, 5.74) is 2.95. The standard InChI is InChI=1S/C19H15NO2S2/c1-23-14-6-4-5-13(10-14)20-19(21)17-9-12-11-22-16-8-3-2-7-15(16)18(12)24-17/h2-10H,11H2,1H3,(H,20,21). The van der Waals surface area contributed by atoms with Crippen LogP contribution in [0, 0.1) is 0 Å². The maximum atomic E-state index is 12.6. The van der Waals surface area contributed by atoms with Crippen LogP contribution in [0.1, 0.15) is 15.2 Å². The molecule has 2 heterocycles. The lowest BCUT2D eigenvalue weighted by molar-refractivity contribution is 0.103. The first kappa shape index (κ1) is 15.3. The highest BCUT2D eigenvalue weighted by Gasteiger charge is 2.22. The van der Waals surface area contributed by atoms with E-state index in [1.165, 1.54) is 11.3 Å². The quantitative estimate of drug-likeness (QED) is 0.651. The van der Waals surface area contributed by atoms with Gasteiger partial charge in [-0.2, -0.15) is 0 Å². The first-order chi connectivity index (χ1) is 11.7. The predicted molar refractivity (Wildman–Crippen MR) is 100 cm³/mol. The Morgan fingerprint density at radius 1 is 1.17 bits per heavy atom. The molecule has 0 radical (unpaired) electrons. The van der Waals surface area contributed by atoms with E-state index >= 15 is 0 Å². The molecule has 5 heteroatoms. The van der Waals surface area contributed by atoms with E-state index in [2.05, 4.69) is 5.32 Å². The third-order valence-corrected chi connectivity index (χ3v) is 5.81. The number of carbonyl (C=O) groups excluding carboxylic acids is 1. The van der Waals surface area contributed by atoms with Gasteiger partial charge in [0.2, 0.25) is 0 Å². The summed E-state index contributed by atoms with van der Waals surface area (Å²) in [4.78, 5) is 15.5. The van der Waals surface area contributed by atoms with Crippen molar-refractivity contribution in [3.63, 3.8) is 0 Å². The number of amides is 1. The van der Waals surface area contributed by atoms with Crippen LogP contribution in [0.15, 0.2) is 59.5 Å². The normalized spacial score (nSPS) is 12.0. The summed E-state index contributed by atoms with van der Waals surface area (Å²) < 4.78 is 5.76. The summed E-state index contributed by atoms with van der Waals surface area (Å²) in [6.45, 7) is 0.512. The van der Waals surface area contributed by atoms with E-state index in [1.807, 2.05) is 60.9 Å². The van der Waals surface area contributed by atoms with Crippen molar-refractivity contribution >= 4 is 34.7 Å². The number of rotatable bonds is 3. The van der Waals surface area contributed by atoms with Crippen LogP contribution < -0.4 is 10.1 Å². The first-order valence-corrected chi connectivity index (χ1v) is 9.59. The second kappa shape index (κ2) is 6.34. The molecule has 4 rings (SSSR count). The van der Waals surface area contributed by atoms with Gasteiger partial charge in [-0.25, -0.2) is 0 Å². The molecule has 1 amide bonds. The number of benzene rings is 2. The van der Waals surface area contributed by atoms with Gasteiger partial charge in [0.25, 0.3) is 5.91 Å². The van der Waals surface area contributed by atoms with Gasteiger partial charge in [-0.05, 0) is 42.7 Å². The highest BCUT2D eigenvalue weighted by atomic mass is 32.2. The number of para-hydroxylation sites is 1. The lowest BCUT2D eigenvalue weighted by Gasteiger charge is -2.16. The topological polar surface area (TPSA) is 38.3 Å². The summed E-state index contributed by atoms with van der Waals surface area (Å²) in [7, 11) is 0. The number of thioether (sulfide) groups is 1. The summed E-state index contributed by atoms with van der Waals surface area (Å²) in [5, 5.41) is 2.98. The molecule has 0 aliphatic carbocycles. The number of nitrogens with one attached hydrogen (secondary N) is 1. The number of hydrogen-bond acceptors (Lipinski definition) is 4. The molecule has 2 aromatic carbocycles. The number of thiophene rings is 1. The van der Waals surface area contributed by atoms with Crippen LogP contribution in [0.5, 0.6) is 5.75 Å². The van der Waals surface area contributed by atoms with Crippen LogP contribution >= 0.6 is 23.1 Å². The first-order valence-electron chi connectivity index (χ1n) is 7.55. The van der Waals surface area contributed by atoms with Crippen LogP contribution in [0.2, 0.25) is 0 Å². The van der Waals surface area contributed by atoms with Crippen molar-refractivity contribution in [1.82, 2.24) is 0 Å². The van der Waals surface area contributed by atoms with Gasteiger partial charge in [0.1, 0.15) is 12.4 Å². The van der Waals surface area contributed by atoms with Gasteiger partial charge in [-0.3, -0.25) is 4.79 Å². The molecule has 0 unspecified atom stereocenters. The van der Waals surface area contributed by atoms with Crippen molar-refractivity contribution in [2.45, 2.75) is 11.5 Å². The second-order valence-corrected chi connectivity index (χ2v) is 7.37. The lowest BCUT2D eigenvalue weighted by Crippen LogP contribution is -2.10. The largest absolute Gasteiger partial charge is 0.488 e. The number of hydrogen-bond donors (Lipinski definition) is 1. The SMILES string of the molecule is CSc1cccc(NC(=O)c2cc3c(s2)-c2ccccc2OC3)c1. The summed E-state index contributed by atoms with van der Waals surface area (Å²) in [6, 6.07) is 17.7. The number of carbonyl (C=O) groups is 1. The minimum atomic E-state index is -0.0786. The molecule has 1 aliphatic rings. The Labute approximate surface area is 148 Å². The summed E-state index contributed by atoms with van der Waals surface area (Å²) in [6.07, 6.45) is 2.02. The van der Waals surface area contributed by atoms with E-state index in [-0.39, 0.29) is 5.91 Å². The Bertz CT molecular complexity index is 917. The molecule has 3 aromatic rings. The number of ether oxygens (including phenoxy) is 1. The fraction of sp³-hybridized carbons (Fsp3) is 0.105. The van der Waals surface area contributed by atoms with Crippen molar-refractivity contribution in [3.8, 4) is 16.2 Å². The van der Waals surface area contributed by atoms with Gasteiger partial charge >= 0.3 is 0 Å². The van der Waals surface area contributed by atoms with Crippen molar-refractivity contribution in [3.05, 3.63) is 65.0 Å². The van der Waals surface area contributed by atoms with E-state index in [4.69, 9.17) is 4.74 Å². The fourth-order valence-electron chi connectivity index (χ4n) is 2.70. The Kier molecular flexibility index (Phi) is 4.04. The molecular formula is C19H15NO2S2. The van der Waals surface area contributed by atoms with Gasteiger partial charge < -0.3 is 10.1 Å². The molecule has 0 bridgehead atoms. The zero-order valence-corrected chi connectivity index (χ0v) is 14.7. The van der Waals surface area contributed by atoms with Gasteiger partial charge in [-0.1, -0.05) is 18.2 Å². The van der Waals surface area contributed by atoms with Crippen LogP contribution in [0.4, 0.5) is 5.69 Å². The molecule has 24 heavy (non-hydrogen) atoms.